The largest absolute Gasteiger partial charge is 0.480 e. The second kappa shape index (κ2) is 4.78. The molecule has 0 fully saturated rings. The maximum atomic E-state index is 6.03. The normalized spacial score (nSPS) is 12.4. The zero-order chi connectivity index (χ0) is 11.5. The zero-order valence-electron chi connectivity index (χ0n) is 8.55. The highest BCUT2D eigenvalue weighted by atomic mass is 35.5. The van der Waals surface area contributed by atoms with Crippen LogP contribution in [0.15, 0.2) is 24.3 Å². The van der Waals surface area contributed by atoms with E-state index in [4.69, 9.17) is 22.1 Å². The van der Waals surface area contributed by atoms with Gasteiger partial charge in [0.25, 0.3) is 0 Å². The molecule has 1 atom stereocenters. The first-order chi connectivity index (χ1) is 7.70. The van der Waals surface area contributed by atoms with Crippen molar-refractivity contribution in [1.82, 2.24) is 10.2 Å². The van der Waals surface area contributed by atoms with E-state index in [1.807, 2.05) is 12.1 Å². The fourth-order valence-electron chi connectivity index (χ4n) is 1.25. The van der Waals surface area contributed by atoms with Crippen LogP contribution in [0.1, 0.15) is 16.6 Å². The smallest absolute Gasteiger partial charge is 0.233 e. The van der Waals surface area contributed by atoms with Crippen LogP contribution in [-0.4, -0.2) is 17.3 Å². The molecule has 84 valence electrons. The molecule has 4 nitrogen and oxygen atoms in total. The molecule has 0 aliphatic heterocycles. The van der Waals surface area contributed by atoms with Crippen molar-refractivity contribution in [2.24, 2.45) is 5.73 Å². The summed E-state index contributed by atoms with van der Waals surface area (Å²) in [5.41, 5.74) is 6.72. The van der Waals surface area contributed by atoms with Crippen LogP contribution in [-0.2, 0) is 0 Å². The van der Waals surface area contributed by atoms with Crippen LogP contribution < -0.4 is 10.5 Å². The van der Waals surface area contributed by atoms with Gasteiger partial charge in [0, 0.05) is 10.9 Å². The lowest BCUT2D eigenvalue weighted by molar-refractivity contribution is 0.391. The van der Waals surface area contributed by atoms with Crippen LogP contribution in [0.2, 0.25) is 4.34 Å². The lowest BCUT2D eigenvalue weighted by Gasteiger charge is -2.07. The molecule has 2 rings (SSSR count). The van der Waals surface area contributed by atoms with Gasteiger partial charge >= 0.3 is 0 Å². The second-order valence-corrected chi connectivity index (χ2v) is 4.87. The van der Waals surface area contributed by atoms with Gasteiger partial charge in [-0.2, -0.15) is 0 Å². The predicted molar refractivity (Wildman–Crippen MR) is 63.9 cm³/mol. The van der Waals surface area contributed by atoms with E-state index >= 15 is 0 Å². The number of hydrogen-bond donors (Lipinski definition) is 1. The first kappa shape index (κ1) is 11.3. The van der Waals surface area contributed by atoms with Crippen molar-refractivity contribution in [3.63, 3.8) is 0 Å². The maximum Gasteiger partial charge on any atom is 0.233 e. The Hall–Kier alpha value is -1.17. The molecule has 0 aromatic carbocycles. The highest BCUT2D eigenvalue weighted by molar-refractivity contribution is 7.16. The Morgan fingerprint density at radius 3 is 2.62 bits per heavy atom. The van der Waals surface area contributed by atoms with Gasteiger partial charge in [-0.15, -0.1) is 21.5 Å². The van der Waals surface area contributed by atoms with Gasteiger partial charge in [0.1, 0.15) is 0 Å². The molecule has 2 aromatic rings. The van der Waals surface area contributed by atoms with Crippen molar-refractivity contribution in [2.45, 2.75) is 6.04 Å². The van der Waals surface area contributed by atoms with Crippen LogP contribution in [0.5, 0.6) is 5.88 Å². The van der Waals surface area contributed by atoms with Gasteiger partial charge in [0.05, 0.1) is 23.2 Å². The molecule has 16 heavy (non-hydrogen) atoms. The summed E-state index contributed by atoms with van der Waals surface area (Å²) in [6.45, 7) is 0. The van der Waals surface area contributed by atoms with E-state index in [9.17, 15) is 0 Å². The number of halogens is 1. The minimum absolute atomic E-state index is 0.295. The van der Waals surface area contributed by atoms with E-state index in [2.05, 4.69) is 10.2 Å². The summed E-state index contributed by atoms with van der Waals surface area (Å²) in [4.78, 5) is 0.962. The average Bonchev–Trinajstić information content (AvgIpc) is 2.75. The van der Waals surface area contributed by atoms with Gasteiger partial charge in [0.15, 0.2) is 0 Å². The lowest BCUT2D eigenvalue weighted by Crippen LogP contribution is -2.12. The first-order valence-corrected chi connectivity index (χ1v) is 5.78. The molecule has 0 saturated heterocycles. The molecule has 6 heteroatoms. The fraction of sp³-hybridized carbons (Fsp3) is 0.200. The third-order valence-corrected chi connectivity index (χ3v) is 3.40. The predicted octanol–water partition coefficient (Wildman–Crippen LogP) is 2.25. The number of thiophene rings is 1. The van der Waals surface area contributed by atoms with Crippen molar-refractivity contribution in [1.29, 1.82) is 0 Å². The Kier molecular flexibility index (Phi) is 3.38. The third-order valence-electron chi connectivity index (χ3n) is 2.09. The number of ether oxygens (including phenoxy) is 1. The van der Waals surface area contributed by atoms with Crippen LogP contribution in [0, 0.1) is 0 Å². The number of methoxy groups -OCH3 is 1. The standard InChI is InChI=1S/C10H10ClN3OS/c1-15-9-5-2-6(13-14-9)10(12)7-3-4-8(11)16-7/h2-5,10H,12H2,1H3. The number of nitrogens with two attached hydrogens (primary N) is 1. The third kappa shape index (κ3) is 2.32. The molecule has 0 radical (unpaired) electrons. The monoisotopic (exact) mass is 255 g/mol. The SMILES string of the molecule is COc1ccc(C(N)c2ccc(Cl)s2)nn1. The Labute approximate surface area is 102 Å². The van der Waals surface area contributed by atoms with Crippen molar-refractivity contribution in [3.05, 3.63) is 39.2 Å². The van der Waals surface area contributed by atoms with Crippen molar-refractivity contribution in [3.8, 4) is 5.88 Å². The van der Waals surface area contributed by atoms with Crippen molar-refractivity contribution < 1.29 is 4.74 Å². The Morgan fingerprint density at radius 2 is 2.12 bits per heavy atom. The second-order valence-electron chi connectivity index (χ2n) is 3.12. The molecule has 0 amide bonds. The highest BCUT2D eigenvalue weighted by Crippen LogP contribution is 2.28. The van der Waals surface area contributed by atoms with Gasteiger partial charge < -0.3 is 10.5 Å². The van der Waals surface area contributed by atoms with Crippen LogP contribution in [0.4, 0.5) is 0 Å². The van der Waals surface area contributed by atoms with Crippen LogP contribution >= 0.6 is 22.9 Å². The topological polar surface area (TPSA) is 61.0 Å². The van der Waals surface area contributed by atoms with E-state index in [-0.39, 0.29) is 6.04 Å². The Bertz CT molecular complexity index is 471. The number of rotatable bonds is 3. The summed E-state index contributed by atoms with van der Waals surface area (Å²) in [7, 11) is 1.54. The minimum atomic E-state index is -0.295. The summed E-state index contributed by atoms with van der Waals surface area (Å²) in [6, 6.07) is 6.94. The van der Waals surface area contributed by atoms with E-state index in [0.717, 1.165) is 4.88 Å². The van der Waals surface area contributed by atoms with Crippen molar-refractivity contribution >= 4 is 22.9 Å². The quantitative estimate of drug-likeness (QED) is 0.914. The molecule has 2 heterocycles. The van der Waals surface area contributed by atoms with Gasteiger partial charge in [0.2, 0.25) is 5.88 Å². The minimum Gasteiger partial charge on any atom is -0.480 e. The molecular formula is C10H10ClN3OS. The Balaban J connectivity index is 2.23. The first-order valence-electron chi connectivity index (χ1n) is 4.59. The highest BCUT2D eigenvalue weighted by Gasteiger charge is 2.13. The van der Waals surface area contributed by atoms with Gasteiger partial charge in [-0.3, -0.25) is 0 Å². The molecule has 2 N–H and O–H groups in total. The molecule has 0 aliphatic carbocycles. The average molecular weight is 256 g/mol. The van der Waals surface area contributed by atoms with Crippen molar-refractivity contribution in [2.75, 3.05) is 7.11 Å². The molecule has 0 saturated carbocycles. The van der Waals surface area contributed by atoms with Gasteiger partial charge in [-0.05, 0) is 18.2 Å². The molecule has 1 unspecified atom stereocenters. The molecular weight excluding hydrogens is 246 g/mol. The molecule has 0 spiro atoms. The van der Waals surface area contributed by atoms with Crippen LogP contribution in [0.25, 0.3) is 0 Å². The van der Waals surface area contributed by atoms with Gasteiger partial charge in [-0.1, -0.05) is 11.6 Å². The maximum absolute atomic E-state index is 6.03. The van der Waals surface area contributed by atoms with E-state index < -0.39 is 0 Å². The molecule has 0 bridgehead atoms. The summed E-state index contributed by atoms with van der Waals surface area (Å²) >= 11 is 7.29. The van der Waals surface area contributed by atoms with Gasteiger partial charge in [-0.25, -0.2) is 0 Å². The summed E-state index contributed by atoms with van der Waals surface area (Å²) in [5, 5.41) is 7.87. The van der Waals surface area contributed by atoms with E-state index in [1.54, 1.807) is 19.2 Å². The lowest BCUT2D eigenvalue weighted by atomic mass is 10.2. The molecule has 2 aromatic heterocycles. The zero-order valence-corrected chi connectivity index (χ0v) is 10.1. The summed E-state index contributed by atoms with van der Waals surface area (Å²) in [5.74, 6) is 0.472. The number of nitrogens with zero attached hydrogens (tertiary/aromatic N) is 2. The summed E-state index contributed by atoms with van der Waals surface area (Å²) in [6.07, 6.45) is 0. The van der Waals surface area contributed by atoms with E-state index in [1.165, 1.54) is 11.3 Å². The molecule has 0 aliphatic rings. The summed E-state index contributed by atoms with van der Waals surface area (Å²) < 4.78 is 5.64. The van der Waals surface area contributed by atoms with E-state index in [0.29, 0.717) is 15.9 Å². The Morgan fingerprint density at radius 1 is 1.31 bits per heavy atom. The fourth-order valence-corrected chi connectivity index (χ4v) is 2.32. The number of hydrogen-bond acceptors (Lipinski definition) is 5. The number of aromatic nitrogens is 2. The van der Waals surface area contributed by atoms with Crippen LogP contribution in [0.3, 0.4) is 0 Å².